The molecule has 0 atom stereocenters. The Balaban J connectivity index is 0. The van der Waals surface area contributed by atoms with Crippen LogP contribution in [0.25, 0.3) is 0 Å². The Kier molecular flexibility index (Phi) is 10.1. The van der Waals surface area contributed by atoms with E-state index < -0.39 is 0 Å². The molecule has 0 unspecified atom stereocenters. The molecule has 0 saturated carbocycles. The van der Waals surface area contributed by atoms with Crippen LogP contribution >= 0.6 is 0 Å². The van der Waals surface area contributed by atoms with E-state index in [0.717, 1.165) is 11.4 Å². The quantitative estimate of drug-likeness (QED) is 0.759. The predicted octanol–water partition coefficient (Wildman–Crippen LogP) is 1.24. The maximum atomic E-state index is 12.3. The van der Waals surface area contributed by atoms with E-state index in [1.54, 1.807) is 43.3 Å². The van der Waals surface area contributed by atoms with Crippen LogP contribution in [-0.4, -0.2) is 53.0 Å². The zero-order valence-electron chi connectivity index (χ0n) is 12.2. The number of carbonyl (C=O) groups is 1. The van der Waals surface area contributed by atoms with Crippen LogP contribution in [0.5, 0.6) is 5.75 Å². The first kappa shape index (κ1) is 22.4. The number of benzene rings is 2. The number of hydrogen-bond donors (Lipinski definition) is 0. The van der Waals surface area contributed by atoms with Gasteiger partial charge in [-0.3, -0.25) is 0 Å². The van der Waals surface area contributed by atoms with Crippen LogP contribution in [0.4, 0.5) is 5.69 Å². The molecule has 7 heteroatoms. The van der Waals surface area contributed by atoms with Crippen LogP contribution in [0.1, 0.15) is 10.4 Å². The summed E-state index contributed by atoms with van der Waals surface area (Å²) in [6.45, 7) is 0. The van der Waals surface area contributed by atoms with Gasteiger partial charge in [-0.15, -0.1) is 0 Å². The number of nitrogens with zero attached hydrogens (tertiary/aromatic N) is 1. The van der Waals surface area contributed by atoms with E-state index in [1.165, 1.54) is 4.40 Å². The maximum absolute atomic E-state index is 12.3. The standard InChI is InChI=1S/C15H14GeNO2.3H2O/c1-17(13-7-5-12(16)6-8-13)15(18)11-3-9-14(19-2)10-4-11;;;/h3-10H,1-2H3;3*1H2/q+3;;;/p-3. The summed E-state index contributed by atoms with van der Waals surface area (Å²) in [5, 5.41) is 0. The average Bonchev–Trinajstić information content (AvgIpc) is 2.46. The van der Waals surface area contributed by atoms with Crippen molar-refractivity contribution in [2.45, 2.75) is 0 Å². The van der Waals surface area contributed by atoms with Crippen LogP contribution < -0.4 is 14.0 Å². The minimum Gasteiger partial charge on any atom is -0.870 e. The van der Waals surface area contributed by atoms with Crippen molar-refractivity contribution >= 4 is 32.5 Å². The number of hydrogen-bond acceptors (Lipinski definition) is 5. The number of ether oxygens (including phenoxy) is 1. The molecule has 0 bridgehead atoms. The third-order valence-electron chi connectivity index (χ3n) is 2.90. The fraction of sp³-hybridized carbons (Fsp3) is 0.133. The Morgan fingerprint density at radius 3 is 1.91 bits per heavy atom. The molecule has 0 aliphatic carbocycles. The maximum Gasteiger partial charge on any atom is -0.870 e. The molecule has 0 saturated heterocycles. The SMILES string of the molecule is COc1ccc(C(=O)N(C)c2cc[c]([Ge+3])cc2)cc1.[OH-].[OH-].[OH-]. The molecule has 2 rings (SSSR count). The van der Waals surface area contributed by atoms with Crippen molar-refractivity contribution in [3.05, 3.63) is 54.1 Å². The topological polar surface area (TPSA) is 120 Å². The number of carbonyl (C=O) groups excluding carboxylic acids is 1. The Bertz CT molecular complexity index is 571. The van der Waals surface area contributed by atoms with Gasteiger partial charge in [0.25, 0.3) is 0 Å². The van der Waals surface area contributed by atoms with Gasteiger partial charge in [-0.05, 0) is 0 Å². The first-order valence-electron chi connectivity index (χ1n) is 5.85. The summed E-state index contributed by atoms with van der Waals surface area (Å²) in [6, 6.07) is 15.0. The predicted molar refractivity (Wildman–Crippen MR) is 83.4 cm³/mol. The molecule has 2 aromatic rings. The zero-order chi connectivity index (χ0) is 13.8. The number of anilines is 1. The van der Waals surface area contributed by atoms with E-state index in [0.29, 0.717) is 5.56 Å². The molecule has 0 aliphatic heterocycles. The van der Waals surface area contributed by atoms with Crippen LogP contribution in [0, 0.1) is 0 Å². The van der Waals surface area contributed by atoms with Crippen LogP contribution in [0.15, 0.2) is 48.5 Å². The molecule has 0 aromatic heterocycles. The van der Waals surface area contributed by atoms with E-state index in [4.69, 9.17) is 4.74 Å². The normalized spacial score (nSPS) is 8.73. The monoisotopic (exact) mass is 365 g/mol. The van der Waals surface area contributed by atoms with Crippen molar-refractivity contribution in [2.24, 2.45) is 0 Å². The van der Waals surface area contributed by atoms with Crippen LogP contribution in [0.3, 0.4) is 0 Å². The summed E-state index contributed by atoms with van der Waals surface area (Å²) in [6.07, 6.45) is 0. The van der Waals surface area contributed by atoms with Gasteiger partial charge in [0.05, 0.1) is 0 Å². The Labute approximate surface area is 137 Å². The van der Waals surface area contributed by atoms with Gasteiger partial charge in [0.2, 0.25) is 0 Å². The summed E-state index contributed by atoms with van der Waals surface area (Å²) < 4.78 is 6.26. The molecule has 1 amide bonds. The molecule has 3 N–H and O–H groups in total. The third-order valence-corrected chi connectivity index (χ3v) is 3.60. The fourth-order valence-electron chi connectivity index (χ4n) is 1.73. The summed E-state index contributed by atoms with van der Waals surface area (Å²) >= 11 is 2.02. The van der Waals surface area contributed by atoms with E-state index in [-0.39, 0.29) is 22.3 Å². The van der Waals surface area contributed by atoms with Gasteiger partial charge in [0.1, 0.15) is 0 Å². The number of rotatable bonds is 3. The van der Waals surface area contributed by atoms with Gasteiger partial charge in [-0.1, -0.05) is 0 Å². The molecule has 0 fully saturated rings. The van der Waals surface area contributed by atoms with Gasteiger partial charge >= 0.3 is 121 Å². The average molecular weight is 364 g/mol. The van der Waals surface area contributed by atoms with Crippen LogP contribution in [-0.2, 0) is 0 Å². The fourth-order valence-corrected chi connectivity index (χ4v) is 2.08. The van der Waals surface area contributed by atoms with E-state index in [2.05, 4.69) is 0 Å². The molecule has 0 radical (unpaired) electrons. The molecule has 0 spiro atoms. The summed E-state index contributed by atoms with van der Waals surface area (Å²) in [5.74, 6) is 0.709. The number of methoxy groups -OCH3 is 1. The first-order chi connectivity index (χ1) is 9.11. The summed E-state index contributed by atoms with van der Waals surface area (Å²) in [5.41, 5.74) is 1.52. The van der Waals surface area contributed by atoms with Crippen molar-refractivity contribution in [3.8, 4) is 5.75 Å². The Morgan fingerprint density at radius 2 is 1.45 bits per heavy atom. The van der Waals surface area contributed by atoms with E-state index in [1.807, 2.05) is 40.8 Å². The van der Waals surface area contributed by atoms with Crippen LogP contribution in [0.2, 0.25) is 0 Å². The Hall–Kier alpha value is -1.87. The molecule has 0 heterocycles. The van der Waals surface area contributed by atoms with Crippen molar-refractivity contribution < 1.29 is 26.0 Å². The Morgan fingerprint density at radius 1 is 0.955 bits per heavy atom. The molecular weight excluding hydrogens is 347 g/mol. The summed E-state index contributed by atoms with van der Waals surface area (Å²) in [4.78, 5) is 14.0. The molecule has 0 aliphatic rings. The van der Waals surface area contributed by atoms with Crippen molar-refractivity contribution in [3.63, 3.8) is 0 Å². The third kappa shape index (κ3) is 5.15. The van der Waals surface area contributed by atoms with Gasteiger partial charge < -0.3 is 16.4 Å². The van der Waals surface area contributed by atoms with E-state index in [9.17, 15) is 4.79 Å². The second-order valence-corrected chi connectivity index (χ2v) is 5.35. The van der Waals surface area contributed by atoms with Gasteiger partial charge in [0, 0.05) is 0 Å². The first-order valence-corrected chi connectivity index (χ1v) is 6.90. The van der Waals surface area contributed by atoms with Crippen molar-refractivity contribution in [1.29, 1.82) is 0 Å². The van der Waals surface area contributed by atoms with Gasteiger partial charge in [-0.25, -0.2) is 0 Å². The second kappa shape index (κ2) is 9.96. The minimum atomic E-state index is -0.0356. The molecule has 6 nitrogen and oxygen atoms in total. The van der Waals surface area contributed by atoms with E-state index >= 15 is 0 Å². The van der Waals surface area contributed by atoms with Crippen molar-refractivity contribution in [1.82, 2.24) is 0 Å². The molecular formula is C15H17GeNO5. The largest absolute Gasteiger partial charge is 0.870 e. The number of amides is 1. The van der Waals surface area contributed by atoms with Gasteiger partial charge in [0.15, 0.2) is 0 Å². The summed E-state index contributed by atoms with van der Waals surface area (Å²) in [7, 11) is 3.38. The molecule has 22 heavy (non-hydrogen) atoms. The molecule has 116 valence electrons. The minimum absolute atomic E-state index is 0. The zero-order valence-corrected chi connectivity index (χ0v) is 14.3. The van der Waals surface area contributed by atoms with Crippen molar-refractivity contribution in [2.75, 3.05) is 19.1 Å². The second-order valence-electron chi connectivity index (χ2n) is 4.14. The van der Waals surface area contributed by atoms with Gasteiger partial charge in [-0.2, -0.15) is 0 Å². The molecule has 2 aromatic carbocycles. The smallest absolute Gasteiger partial charge is 0.870 e.